The third-order valence-corrected chi connectivity index (χ3v) is 5.40. The van der Waals surface area contributed by atoms with E-state index in [9.17, 15) is 9.90 Å². The maximum atomic E-state index is 12.1. The summed E-state index contributed by atoms with van der Waals surface area (Å²) in [5.41, 5.74) is 7.86. The van der Waals surface area contributed by atoms with E-state index in [2.05, 4.69) is 49.5 Å². The molecule has 30 heavy (non-hydrogen) atoms. The minimum absolute atomic E-state index is 0.00137. The number of benzene rings is 3. The average Bonchev–Trinajstić information content (AvgIpc) is 3.11. The summed E-state index contributed by atoms with van der Waals surface area (Å²) in [6.45, 7) is 4.63. The number of carbonyl (C=O) groups is 1. The van der Waals surface area contributed by atoms with Crippen LogP contribution in [0.4, 0.5) is 0 Å². The molecule has 2 N–H and O–H groups in total. The number of hydrogen-bond donors (Lipinski definition) is 2. The summed E-state index contributed by atoms with van der Waals surface area (Å²) in [6, 6.07) is 20.1. The topological polar surface area (TPSA) is 67.2 Å². The maximum absolute atomic E-state index is 12.1. The molecule has 0 spiro atoms. The van der Waals surface area contributed by atoms with Crippen LogP contribution in [0.1, 0.15) is 21.5 Å². The van der Waals surface area contributed by atoms with Crippen LogP contribution < -0.4 is 5.32 Å². The molecule has 0 atom stereocenters. The van der Waals surface area contributed by atoms with Gasteiger partial charge in [-0.25, -0.2) is 4.98 Å². The monoisotopic (exact) mass is 399 g/mol. The van der Waals surface area contributed by atoms with Crippen molar-refractivity contribution in [3.8, 4) is 22.5 Å². The summed E-state index contributed by atoms with van der Waals surface area (Å²) in [4.78, 5) is 16.9. The average molecular weight is 399 g/mol. The first-order valence-corrected chi connectivity index (χ1v) is 10.0. The Morgan fingerprint density at radius 2 is 1.77 bits per heavy atom. The van der Waals surface area contributed by atoms with E-state index < -0.39 is 0 Å². The number of aliphatic hydroxyl groups is 1. The largest absolute Gasteiger partial charge is 0.395 e. The van der Waals surface area contributed by atoms with E-state index in [1.807, 2.05) is 22.8 Å². The number of aliphatic hydroxyl groups excluding tert-OH is 1. The lowest BCUT2D eigenvalue weighted by molar-refractivity contribution is 0.0963. The van der Waals surface area contributed by atoms with Crippen molar-refractivity contribution in [2.75, 3.05) is 13.7 Å². The second-order valence-electron chi connectivity index (χ2n) is 7.46. The van der Waals surface area contributed by atoms with Crippen LogP contribution in [-0.2, 0) is 6.54 Å². The fraction of sp³-hybridized carbons (Fsp3) is 0.200. The summed E-state index contributed by atoms with van der Waals surface area (Å²) in [5.74, 6) is 0.634. The number of aromatic nitrogens is 2. The zero-order valence-electron chi connectivity index (χ0n) is 17.4. The van der Waals surface area contributed by atoms with Crippen molar-refractivity contribution < 1.29 is 9.90 Å². The molecule has 0 aliphatic heterocycles. The van der Waals surface area contributed by atoms with Crippen molar-refractivity contribution in [1.29, 1.82) is 0 Å². The van der Waals surface area contributed by atoms with Gasteiger partial charge in [-0.15, -0.1) is 0 Å². The quantitative estimate of drug-likeness (QED) is 0.525. The Hall–Kier alpha value is -3.44. The molecule has 152 valence electrons. The number of hydrogen-bond acceptors (Lipinski definition) is 3. The zero-order chi connectivity index (χ0) is 21.3. The van der Waals surface area contributed by atoms with Crippen LogP contribution >= 0.6 is 0 Å². The Bertz CT molecular complexity index is 1240. The van der Waals surface area contributed by atoms with Crippen molar-refractivity contribution in [2.24, 2.45) is 0 Å². The zero-order valence-corrected chi connectivity index (χ0v) is 17.4. The molecule has 0 unspecified atom stereocenters. The first-order chi connectivity index (χ1) is 14.5. The Balaban J connectivity index is 1.95. The lowest BCUT2D eigenvalue weighted by Gasteiger charge is -2.14. The van der Waals surface area contributed by atoms with Gasteiger partial charge in [-0.05, 0) is 48.7 Å². The summed E-state index contributed by atoms with van der Waals surface area (Å²) < 4.78 is 2.02. The van der Waals surface area contributed by atoms with Gasteiger partial charge in [-0.3, -0.25) is 4.79 Å². The lowest BCUT2D eigenvalue weighted by atomic mass is 9.94. The number of rotatable bonds is 5. The second kappa shape index (κ2) is 8.13. The molecule has 5 nitrogen and oxygen atoms in total. The van der Waals surface area contributed by atoms with E-state index in [0.29, 0.717) is 12.1 Å². The predicted octanol–water partition coefficient (Wildman–Crippen LogP) is 4.34. The number of nitrogens with one attached hydrogen (secondary N) is 1. The van der Waals surface area contributed by atoms with Crippen LogP contribution in [-0.4, -0.2) is 34.2 Å². The molecular formula is C25H25N3O2. The highest BCUT2D eigenvalue weighted by atomic mass is 16.3. The molecule has 4 aromatic rings. The Morgan fingerprint density at radius 3 is 2.47 bits per heavy atom. The Morgan fingerprint density at radius 1 is 1.00 bits per heavy atom. The molecule has 3 aromatic carbocycles. The van der Waals surface area contributed by atoms with Gasteiger partial charge in [0.05, 0.1) is 17.6 Å². The van der Waals surface area contributed by atoms with Gasteiger partial charge in [0, 0.05) is 24.7 Å². The van der Waals surface area contributed by atoms with Crippen LogP contribution in [0, 0.1) is 13.8 Å². The SMILES string of the molecule is CNC(=O)c1ccc2c(c1)nc(-c1ccccc1-c1ccc(C)cc1C)n2CCO. The van der Waals surface area contributed by atoms with Crippen LogP contribution in [0.5, 0.6) is 0 Å². The molecule has 1 aromatic heterocycles. The standard InChI is InChI=1S/C25H25N3O2/c1-16-8-10-19(17(2)14-16)20-6-4-5-7-21(20)24-27-22-15-18(25(30)26-3)9-11-23(22)28(24)12-13-29/h4-11,14-15,29H,12-13H2,1-3H3,(H,26,30). The number of fused-ring (bicyclic) bond motifs is 1. The van der Waals surface area contributed by atoms with E-state index in [-0.39, 0.29) is 12.5 Å². The van der Waals surface area contributed by atoms with Crippen LogP contribution in [0.3, 0.4) is 0 Å². The van der Waals surface area contributed by atoms with E-state index >= 15 is 0 Å². The van der Waals surface area contributed by atoms with Gasteiger partial charge in [0.2, 0.25) is 0 Å². The van der Waals surface area contributed by atoms with E-state index in [4.69, 9.17) is 4.98 Å². The molecule has 1 amide bonds. The fourth-order valence-corrected chi connectivity index (χ4v) is 3.98. The molecule has 1 heterocycles. The predicted molar refractivity (Wildman–Crippen MR) is 121 cm³/mol. The van der Waals surface area contributed by atoms with Crippen molar-refractivity contribution in [3.05, 3.63) is 77.4 Å². The van der Waals surface area contributed by atoms with Gasteiger partial charge < -0.3 is 15.0 Å². The van der Waals surface area contributed by atoms with Gasteiger partial charge in [0.1, 0.15) is 5.82 Å². The molecule has 0 aliphatic carbocycles. The summed E-state index contributed by atoms with van der Waals surface area (Å²) >= 11 is 0. The summed E-state index contributed by atoms with van der Waals surface area (Å²) in [5, 5.41) is 12.4. The van der Waals surface area contributed by atoms with Gasteiger partial charge in [0.15, 0.2) is 0 Å². The summed E-state index contributed by atoms with van der Waals surface area (Å²) in [6.07, 6.45) is 0. The van der Waals surface area contributed by atoms with Gasteiger partial charge in [0.25, 0.3) is 5.91 Å². The van der Waals surface area contributed by atoms with Crippen molar-refractivity contribution >= 4 is 16.9 Å². The highest BCUT2D eigenvalue weighted by Crippen LogP contribution is 2.35. The molecule has 5 heteroatoms. The van der Waals surface area contributed by atoms with E-state index in [1.165, 1.54) is 11.1 Å². The molecule has 0 fully saturated rings. The third-order valence-electron chi connectivity index (χ3n) is 5.40. The van der Waals surface area contributed by atoms with Gasteiger partial charge in [-0.1, -0.05) is 48.0 Å². The molecule has 0 saturated heterocycles. The Kier molecular flexibility index (Phi) is 5.38. The third kappa shape index (κ3) is 3.48. The number of imidazole rings is 1. The van der Waals surface area contributed by atoms with E-state index in [1.54, 1.807) is 19.2 Å². The minimum Gasteiger partial charge on any atom is -0.395 e. The van der Waals surface area contributed by atoms with Crippen molar-refractivity contribution in [2.45, 2.75) is 20.4 Å². The molecule has 0 aliphatic rings. The van der Waals surface area contributed by atoms with Crippen molar-refractivity contribution in [1.82, 2.24) is 14.9 Å². The molecule has 0 bridgehead atoms. The molecular weight excluding hydrogens is 374 g/mol. The van der Waals surface area contributed by atoms with Gasteiger partial charge in [-0.2, -0.15) is 0 Å². The molecule has 4 rings (SSSR count). The van der Waals surface area contributed by atoms with Crippen LogP contribution in [0.25, 0.3) is 33.5 Å². The number of amides is 1. The van der Waals surface area contributed by atoms with Gasteiger partial charge >= 0.3 is 0 Å². The van der Waals surface area contributed by atoms with Crippen molar-refractivity contribution in [3.63, 3.8) is 0 Å². The normalized spacial score (nSPS) is 11.1. The van der Waals surface area contributed by atoms with Crippen LogP contribution in [0.15, 0.2) is 60.7 Å². The first kappa shape index (κ1) is 19.9. The fourth-order valence-electron chi connectivity index (χ4n) is 3.98. The van der Waals surface area contributed by atoms with E-state index in [0.717, 1.165) is 33.5 Å². The molecule has 0 radical (unpaired) electrons. The minimum atomic E-state index is -0.147. The molecule has 0 saturated carbocycles. The summed E-state index contributed by atoms with van der Waals surface area (Å²) in [7, 11) is 1.61. The Labute approximate surface area is 176 Å². The number of aryl methyl sites for hydroxylation is 2. The smallest absolute Gasteiger partial charge is 0.251 e. The number of nitrogens with zero attached hydrogens (tertiary/aromatic N) is 2. The number of carbonyl (C=O) groups excluding carboxylic acids is 1. The first-order valence-electron chi connectivity index (χ1n) is 10.0. The lowest BCUT2D eigenvalue weighted by Crippen LogP contribution is -2.17. The maximum Gasteiger partial charge on any atom is 0.251 e. The highest BCUT2D eigenvalue weighted by molar-refractivity contribution is 5.98. The second-order valence-corrected chi connectivity index (χ2v) is 7.46. The van der Waals surface area contributed by atoms with Crippen LogP contribution in [0.2, 0.25) is 0 Å². The highest BCUT2D eigenvalue weighted by Gasteiger charge is 2.18.